The smallest absolute Gasteiger partial charge is 0.306 e. The molecule has 1 aromatic carbocycles. The molecule has 8 heteroatoms. The number of carbonyl (C=O) groups is 1. The summed E-state index contributed by atoms with van der Waals surface area (Å²) in [6.45, 7) is 1.33. The minimum Gasteiger partial charge on any atom is -0.481 e. The number of halogens is 2. The molecule has 0 amide bonds. The van der Waals surface area contributed by atoms with Crippen LogP contribution in [0.2, 0.25) is 10.0 Å². The Morgan fingerprint density at radius 2 is 1.96 bits per heavy atom. The molecule has 0 aliphatic carbocycles. The van der Waals surface area contributed by atoms with Gasteiger partial charge in [0.05, 0.1) is 16.0 Å². The Balaban J connectivity index is 1.70. The van der Waals surface area contributed by atoms with E-state index in [1.165, 1.54) is 0 Å². The van der Waals surface area contributed by atoms with Crippen LogP contribution in [0, 0.1) is 5.92 Å². The molecule has 0 unspecified atom stereocenters. The van der Waals surface area contributed by atoms with Crippen LogP contribution >= 0.6 is 23.2 Å². The number of nitrogens with zero attached hydrogens (tertiary/aromatic N) is 3. The summed E-state index contributed by atoms with van der Waals surface area (Å²) < 4.78 is 0. The van der Waals surface area contributed by atoms with E-state index in [9.17, 15) is 4.79 Å². The van der Waals surface area contributed by atoms with Gasteiger partial charge in [0.25, 0.3) is 0 Å². The van der Waals surface area contributed by atoms with Gasteiger partial charge in [-0.25, -0.2) is 4.98 Å². The van der Waals surface area contributed by atoms with Crippen molar-refractivity contribution < 1.29 is 9.90 Å². The monoisotopic (exact) mass is 366 g/mol. The Bertz CT molecular complexity index is 749. The topological polar surface area (TPSA) is 78.3 Å². The number of hydrogen-bond acceptors (Lipinski definition) is 5. The van der Waals surface area contributed by atoms with Gasteiger partial charge in [0.1, 0.15) is 5.82 Å². The zero-order valence-electron chi connectivity index (χ0n) is 12.7. The highest BCUT2D eigenvalue weighted by molar-refractivity contribution is 6.42. The van der Waals surface area contributed by atoms with E-state index in [4.69, 9.17) is 28.3 Å². The van der Waals surface area contributed by atoms with Crippen molar-refractivity contribution in [2.75, 3.05) is 23.3 Å². The first-order chi connectivity index (χ1) is 11.5. The molecule has 24 heavy (non-hydrogen) atoms. The van der Waals surface area contributed by atoms with Crippen molar-refractivity contribution in [3.8, 4) is 0 Å². The van der Waals surface area contributed by atoms with Gasteiger partial charge in [-0.15, -0.1) is 0 Å². The third kappa shape index (κ3) is 3.88. The van der Waals surface area contributed by atoms with Gasteiger partial charge >= 0.3 is 5.97 Å². The van der Waals surface area contributed by atoms with Crippen LogP contribution in [-0.2, 0) is 4.79 Å². The number of carboxylic acids is 1. The normalized spacial score (nSPS) is 15.3. The zero-order chi connectivity index (χ0) is 17.1. The molecule has 1 aliphatic heterocycles. The molecule has 1 aliphatic rings. The predicted octanol–water partition coefficient (Wildman–Crippen LogP) is 3.83. The second kappa shape index (κ2) is 7.23. The van der Waals surface area contributed by atoms with E-state index in [1.54, 1.807) is 24.4 Å². The van der Waals surface area contributed by atoms with Gasteiger partial charge in [0.15, 0.2) is 0 Å². The highest BCUT2D eigenvalue weighted by atomic mass is 35.5. The number of piperidine rings is 1. The van der Waals surface area contributed by atoms with Crippen molar-refractivity contribution in [3.63, 3.8) is 0 Å². The molecule has 0 saturated carbocycles. The Kier molecular flexibility index (Phi) is 5.06. The molecular weight excluding hydrogens is 351 g/mol. The SMILES string of the molecule is O=C(O)C1CCN(c2ccnc(Nc3ccc(Cl)c(Cl)c3)n2)CC1. The van der Waals surface area contributed by atoms with Crippen LogP contribution in [0.3, 0.4) is 0 Å². The average molecular weight is 367 g/mol. The minimum atomic E-state index is -0.723. The average Bonchev–Trinajstić information content (AvgIpc) is 2.58. The van der Waals surface area contributed by atoms with E-state index in [0.717, 1.165) is 11.5 Å². The van der Waals surface area contributed by atoms with Crippen molar-refractivity contribution in [2.45, 2.75) is 12.8 Å². The Morgan fingerprint density at radius 3 is 2.62 bits per heavy atom. The van der Waals surface area contributed by atoms with Gasteiger partial charge in [-0.05, 0) is 37.1 Å². The van der Waals surface area contributed by atoms with Crippen LogP contribution in [0.4, 0.5) is 17.5 Å². The second-order valence-electron chi connectivity index (χ2n) is 5.59. The Labute approximate surface area is 149 Å². The van der Waals surface area contributed by atoms with Gasteiger partial charge < -0.3 is 15.3 Å². The van der Waals surface area contributed by atoms with Gasteiger partial charge in [0.2, 0.25) is 5.95 Å². The summed E-state index contributed by atoms with van der Waals surface area (Å²) in [6, 6.07) is 7.02. The van der Waals surface area contributed by atoms with E-state index < -0.39 is 5.97 Å². The lowest BCUT2D eigenvalue weighted by Gasteiger charge is -2.31. The number of hydrogen-bond donors (Lipinski definition) is 2. The first-order valence-corrected chi connectivity index (χ1v) is 8.31. The number of nitrogens with one attached hydrogen (secondary N) is 1. The summed E-state index contributed by atoms with van der Waals surface area (Å²) in [5, 5.41) is 13.1. The number of aliphatic carboxylic acids is 1. The van der Waals surface area contributed by atoms with Crippen LogP contribution in [0.5, 0.6) is 0 Å². The summed E-state index contributed by atoms with van der Waals surface area (Å²) in [5.74, 6) is 0.235. The summed E-state index contributed by atoms with van der Waals surface area (Å²) in [4.78, 5) is 21.8. The van der Waals surface area contributed by atoms with Crippen LogP contribution in [-0.4, -0.2) is 34.1 Å². The van der Waals surface area contributed by atoms with Crippen molar-refractivity contribution in [1.82, 2.24) is 9.97 Å². The van der Waals surface area contributed by atoms with Crippen molar-refractivity contribution in [1.29, 1.82) is 0 Å². The fourth-order valence-corrected chi connectivity index (χ4v) is 2.94. The maximum Gasteiger partial charge on any atom is 0.306 e. The fourth-order valence-electron chi connectivity index (χ4n) is 2.64. The van der Waals surface area contributed by atoms with Gasteiger partial charge in [-0.2, -0.15) is 4.98 Å². The van der Waals surface area contributed by atoms with Crippen LogP contribution in [0.1, 0.15) is 12.8 Å². The molecule has 0 atom stereocenters. The van der Waals surface area contributed by atoms with E-state index >= 15 is 0 Å². The maximum absolute atomic E-state index is 11.0. The lowest BCUT2D eigenvalue weighted by atomic mass is 9.97. The Morgan fingerprint density at radius 1 is 1.21 bits per heavy atom. The third-order valence-electron chi connectivity index (χ3n) is 3.98. The molecule has 2 N–H and O–H groups in total. The second-order valence-corrected chi connectivity index (χ2v) is 6.41. The van der Waals surface area contributed by atoms with E-state index in [0.29, 0.717) is 41.9 Å². The van der Waals surface area contributed by atoms with Gasteiger partial charge in [-0.1, -0.05) is 23.2 Å². The number of carboxylic acid groups (broad SMARTS) is 1. The predicted molar refractivity (Wildman–Crippen MR) is 94.3 cm³/mol. The molecule has 126 valence electrons. The number of benzene rings is 1. The number of rotatable bonds is 4. The van der Waals surface area contributed by atoms with Crippen LogP contribution in [0.25, 0.3) is 0 Å². The van der Waals surface area contributed by atoms with Gasteiger partial charge in [0, 0.05) is 25.0 Å². The van der Waals surface area contributed by atoms with Gasteiger partial charge in [-0.3, -0.25) is 4.79 Å². The number of aromatic nitrogens is 2. The third-order valence-corrected chi connectivity index (χ3v) is 4.72. The highest BCUT2D eigenvalue weighted by Gasteiger charge is 2.25. The molecule has 2 aromatic rings. The maximum atomic E-state index is 11.0. The van der Waals surface area contributed by atoms with Crippen molar-refractivity contribution >= 4 is 46.6 Å². The minimum absolute atomic E-state index is 0.267. The molecule has 1 aromatic heterocycles. The quantitative estimate of drug-likeness (QED) is 0.855. The number of anilines is 3. The summed E-state index contributed by atoms with van der Waals surface area (Å²) in [6.07, 6.45) is 2.91. The van der Waals surface area contributed by atoms with Crippen LogP contribution < -0.4 is 10.2 Å². The molecule has 1 saturated heterocycles. The molecule has 6 nitrogen and oxygen atoms in total. The summed E-state index contributed by atoms with van der Waals surface area (Å²) >= 11 is 11.9. The van der Waals surface area contributed by atoms with Crippen LogP contribution in [0.15, 0.2) is 30.5 Å². The molecule has 0 bridgehead atoms. The van der Waals surface area contributed by atoms with Crippen molar-refractivity contribution in [2.24, 2.45) is 5.92 Å². The fraction of sp³-hybridized carbons (Fsp3) is 0.312. The Hall–Kier alpha value is -2.05. The lowest BCUT2D eigenvalue weighted by molar-refractivity contribution is -0.142. The summed E-state index contributed by atoms with van der Waals surface area (Å²) in [7, 11) is 0. The lowest BCUT2D eigenvalue weighted by Crippen LogP contribution is -2.36. The standard InChI is InChI=1S/C16H16Cl2N4O2/c17-12-2-1-11(9-13(12)18)20-16-19-6-3-14(21-16)22-7-4-10(5-8-22)15(23)24/h1-3,6,9-10H,4-5,7-8H2,(H,23,24)(H,19,20,21). The van der Waals surface area contributed by atoms with E-state index in [-0.39, 0.29) is 5.92 Å². The highest BCUT2D eigenvalue weighted by Crippen LogP contribution is 2.27. The summed E-state index contributed by atoms with van der Waals surface area (Å²) in [5.41, 5.74) is 0.742. The molecule has 0 radical (unpaired) electrons. The molecule has 0 spiro atoms. The molecular formula is C16H16Cl2N4O2. The first-order valence-electron chi connectivity index (χ1n) is 7.56. The first kappa shape index (κ1) is 16.8. The largest absolute Gasteiger partial charge is 0.481 e. The molecule has 1 fully saturated rings. The van der Waals surface area contributed by atoms with Crippen molar-refractivity contribution in [3.05, 3.63) is 40.5 Å². The zero-order valence-corrected chi connectivity index (χ0v) is 14.3. The molecule has 3 rings (SSSR count). The molecule has 2 heterocycles. The van der Waals surface area contributed by atoms with E-state index in [2.05, 4.69) is 20.2 Å². The van der Waals surface area contributed by atoms with E-state index in [1.807, 2.05) is 6.07 Å².